The molecule has 6 aromatic carbocycles. The molecule has 0 fully saturated rings. The van der Waals surface area contributed by atoms with E-state index in [0.717, 1.165) is 0 Å². The van der Waals surface area contributed by atoms with Crippen molar-refractivity contribution in [3.63, 3.8) is 0 Å². The lowest BCUT2D eigenvalue weighted by atomic mass is 10.2. The van der Waals surface area contributed by atoms with E-state index >= 15 is 0 Å². The molecular formula is C43H44P4. The van der Waals surface area contributed by atoms with E-state index in [9.17, 15) is 0 Å². The van der Waals surface area contributed by atoms with Crippen molar-refractivity contribution in [1.29, 1.82) is 0 Å². The first-order chi connectivity index (χ1) is 23.1. The lowest BCUT2D eigenvalue weighted by Gasteiger charge is -2.28. The van der Waals surface area contributed by atoms with Crippen LogP contribution >= 0.6 is 31.7 Å². The van der Waals surface area contributed by atoms with E-state index in [4.69, 9.17) is 0 Å². The van der Waals surface area contributed by atoms with Crippen molar-refractivity contribution in [2.75, 3.05) is 24.1 Å². The highest BCUT2D eigenvalue weighted by Crippen LogP contribution is 2.53. The molecule has 0 N–H and O–H groups in total. The van der Waals surface area contributed by atoms with Crippen LogP contribution in [0, 0.1) is 13.8 Å². The van der Waals surface area contributed by atoms with E-state index in [-0.39, 0.29) is 15.8 Å². The van der Waals surface area contributed by atoms with Gasteiger partial charge < -0.3 is 0 Å². The van der Waals surface area contributed by atoms with Crippen LogP contribution in [0.15, 0.2) is 170 Å². The van der Waals surface area contributed by atoms with Crippen LogP contribution in [-0.4, -0.2) is 24.1 Å². The van der Waals surface area contributed by atoms with Crippen LogP contribution in [0.3, 0.4) is 0 Å². The fourth-order valence-corrected chi connectivity index (χ4v) is 19.4. The van der Waals surface area contributed by atoms with Gasteiger partial charge in [-0.3, -0.25) is 0 Å². The topological polar surface area (TPSA) is 0 Å². The Hall–Kier alpha value is -2.96. The standard InChI is InChI=1S/C43H44P4/c1-36-24-28-38(29-25-36)44(34-46(40-16-7-3-8-17-40)41-18-9-4-10-19-41)32-15-33-45(39-30-26-37(2)27-31-39)35-47(42-20-11-5-12-21-42)43-22-13-6-14-23-43/h3-14,16-31H,15,32-35H2,1-2H3. The summed E-state index contributed by atoms with van der Waals surface area (Å²) in [5.41, 5.74) is 2.69. The minimum absolute atomic E-state index is 0.323. The zero-order chi connectivity index (χ0) is 32.3. The lowest BCUT2D eigenvalue weighted by molar-refractivity contribution is 1.11. The fourth-order valence-electron chi connectivity index (χ4n) is 5.92. The molecule has 47 heavy (non-hydrogen) atoms. The van der Waals surface area contributed by atoms with Gasteiger partial charge in [0.05, 0.1) is 0 Å². The number of hydrogen-bond acceptors (Lipinski definition) is 0. The third-order valence-corrected chi connectivity index (χ3v) is 21.0. The van der Waals surface area contributed by atoms with Gasteiger partial charge in [0.1, 0.15) is 0 Å². The number of hydrogen-bond donors (Lipinski definition) is 0. The number of aryl methyl sites for hydroxylation is 2. The van der Waals surface area contributed by atoms with Gasteiger partial charge in [-0.1, -0.05) is 197 Å². The fraction of sp³-hybridized carbons (Fsp3) is 0.163. The second-order valence-corrected chi connectivity index (χ2v) is 22.2. The number of rotatable bonds is 14. The monoisotopic (exact) mass is 684 g/mol. The second-order valence-electron chi connectivity index (χ2n) is 12.0. The SMILES string of the molecule is Cc1ccc(P(CCCP(CP(c2ccccc2)c2ccccc2)c2ccc(C)cc2)CP(c2ccccc2)c2ccccc2)cc1. The highest BCUT2D eigenvalue weighted by molar-refractivity contribution is 7.86. The summed E-state index contributed by atoms with van der Waals surface area (Å²) >= 11 is 0. The molecule has 2 unspecified atom stereocenters. The van der Waals surface area contributed by atoms with Gasteiger partial charge in [0, 0.05) is 11.8 Å². The zero-order valence-corrected chi connectivity index (χ0v) is 31.1. The molecule has 0 aromatic heterocycles. The van der Waals surface area contributed by atoms with Gasteiger partial charge in [-0.25, -0.2) is 0 Å². The molecule has 0 spiro atoms. The Bertz CT molecular complexity index is 1540. The van der Waals surface area contributed by atoms with Crippen molar-refractivity contribution in [3.8, 4) is 0 Å². The van der Waals surface area contributed by atoms with Gasteiger partial charge in [0.25, 0.3) is 0 Å². The van der Waals surface area contributed by atoms with Crippen LogP contribution in [0.1, 0.15) is 17.5 Å². The van der Waals surface area contributed by atoms with Gasteiger partial charge in [-0.05, 0) is 80.3 Å². The maximum atomic E-state index is 2.43. The van der Waals surface area contributed by atoms with Crippen LogP contribution in [0.5, 0.6) is 0 Å². The first kappa shape index (κ1) is 33.9. The maximum Gasteiger partial charge on any atom is 0.0000326 e. The third-order valence-electron chi connectivity index (χ3n) is 8.55. The highest BCUT2D eigenvalue weighted by atomic mass is 31.2. The molecule has 6 aromatic rings. The Labute approximate surface area is 287 Å². The normalized spacial score (nSPS) is 12.7. The van der Waals surface area contributed by atoms with Crippen LogP contribution in [-0.2, 0) is 0 Å². The van der Waals surface area contributed by atoms with E-state index < -0.39 is 15.8 Å². The summed E-state index contributed by atoms with van der Waals surface area (Å²) in [7, 11) is -1.52. The third kappa shape index (κ3) is 9.57. The van der Waals surface area contributed by atoms with Crippen molar-refractivity contribution in [2.45, 2.75) is 20.3 Å². The van der Waals surface area contributed by atoms with Crippen LogP contribution in [0.2, 0.25) is 0 Å². The molecule has 0 saturated carbocycles. The lowest BCUT2D eigenvalue weighted by Crippen LogP contribution is -2.18. The maximum absolute atomic E-state index is 2.43. The molecule has 0 amide bonds. The molecule has 0 aliphatic heterocycles. The predicted octanol–water partition coefficient (Wildman–Crippen LogP) is 9.79. The van der Waals surface area contributed by atoms with Crippen molar-refractivity contribution in [1.82, 2.24) is 0 Å². The predicted molar refractivity (Wildman–Crippen MR) is 218 cm³/mol. The molecule has 236 valence electrons. The molecule has 4 heteroatoms. The molecule has 0 aliphatic rings. The minimum Gasteiger partial charge on any atom is -0.0703 e. The van der Waals surface area contributed by atoms with Gasteiger partial charge in [0.15, 0.2) is 0 Å². The Morgan fingerprint density at radius 1 is 0.319 bits per heavy atom. The first-order valence-corrected chi connectivity index (χ1v) is 23.0. The molecule has 0 nitrogen and oxygen atoms in total. The first-order valence-electron chi connectivity index (χ1n) is 16.5. The highest BCUT2D eigenvalue weighted by Gasteiger charge is 2.24. The van der Waals surface area contributed by atoms with E-state index in [0.29, 0.717) is 0 Å². The summed E-state index contributed by atoms with van der Waals surface area (Å²) in [6, 6.07) is 64.2. The van der Waals surface area contributed by atoms with Gasteiger partial charge in [0.2, 0.25) is 0 Å². The Balaban J connectivity index is 1.28. The van der Waals surface area contributed by atoms with Crippen LogP contribution in [0.4, 0.5) is 0 Å². The average Bonchev–Trinajstić information content (AvgIpc) is 3.13. The Morgan fingerprint density at radius 2 is 0.596 bits per heavy atom. The van der Waals surface area contributed by atoms with E-state index in [1.54, 1.807) is 10.6 Å². The van der Waals surface area contributed by atoms with Crippen molar-refractivity contribution in [2.24, 2.45) is 0 Å². The van der Waals surface area contributed by atoms with E-state index in [1.807, 2.05) is 0 Å². The molecule has 0 heterocycles. The minimum atomic E-state index is -0.438. The summed E-state index contributed by atoms with van der Waals surface area (Å²) in [4.78, 5) is 0. The Kier molecular flexibility index (Phi) is 12.6. The zero-order valence-electron chi connectivity index (χ0n) is 27.5. The van der Waals surface area contributed by atoms with Gasteiger partial charge in [-0.15, -0.1) is 0 Å². The largest absolute Gasteiger partial charge is 0.0703 e. The molecule has 0 radical (unpaired) electrons. The summed E-state index contributed by atoms with van der Waals surface area (Å²) in [5, 5.41) is 9.08. The summed E-state index contributed by atoms with van der Waals surface area (Å²) in [5.74, 6) is 2.48. The summed E-state index contributed by atoms with van der Waals surface area (Å²) < 4.78 is 0. The van der Waals surface area contributed by atoms with E-state index in [2.05, 4.69) is 184 Å². The van der Waals surface area contributed by atoms with Gasteiger partial charge >= 0.3 is 0 Å². The molecule has 0 aliphatic carbocycles. The smallest absolute Gasteiger partial charge is 0.0000326 e. The van der Waals surface area contributed by atoms with E-state index in [1.165, 1.54) is 62.9 Å². The molecular weight excluding hydrogens is 640 g/mol. The summed E-state index contributed by atoms with van der Waals surface area (Å²) in [6.45, 7) is 4.42. The van der Waals surface area contributed by atoms with Crippen molar-refractivity contribution in [3.05, 3.63) is 181 Å². The second kappa shape index (κ2) is 17.4. The molecule has 2 atom stereocenters. The quantitative estimate of drug-likeness (QED) is 0.100. The molecule has 0 bridgehead atoms. The van der Waals surface area contributed by atoms with Gasteiger partial charge in [-0.2, -0.15) is 0 Å². The summed E-state index contributed by atoms with van der Waals surface area (Å²) in [6.07, 6.45) is 3.81. The van der Waals surface area contributed by atoms with Crippen LogP contribution in [0.25, 0.3) is 0 Å². The van der Waals surface area contributed by atoms with Crippen LogP contribution < -0.4 is 31.8 Å². The van der Waals surface area contributed by atoms with Crippen molar-refractivity contribution < 1.29 is 0 Å². The average molecular weight is 685 g/mol. The Morgan fingerprint density at radius 3 is 0.872 bits per heavy atom. The number of benzene rings is 6. The van der Waals surface area contributed by atoms with Crippen molar-refractivity contribution >= 4 is 63.5 Å². The molecule has 6 rings (SSSR count). The molecule has 0 saturated heterocycles.